The lowest BCUT2D eigenvalue weighted by Gasteiger charge is -2.16. The quantitative estimate of drug-likeness (QED) is 0.593. The van der Waals surface area contributed by atoms with Gasteiger partial charge in [-0.25, -0.2) is 0 Å². The molecule has 0 N–H and O–H groups in total. The highest BCUT2D eigenvalue weighted by molar-refractivity contribution is 6.24. The summed E-state index contributed by atoms with van der Waals surface area (Å²) in [6.45, 7) is 6.01. The van der Waals surface area contributed by atoms with E-state index in [0.717, 1.165) is 16.8 Å². The molecule has 2 aromatic rings. The zero-order valence-corrected chi connectivity index (χ0v) is 11.5. The van der Waals surface area contributed by atoms with E-state index in [0.29, 0.717) is 0 Å². The fourth-order valence-corrected chi connectivity index (χ4v) is 2.27. The van der Waals surface area contributed by atoms with Gasteiger partial charge >= 0.3 is 0 Å². The molecule has 0 radical (unpaired) electrons. The molecule has 0 bridgehead atoms. The van der Waals surface area contributed by atoms with Crippen LogP contribution in [-0.2, 0) is 4.84 Å². The van der Waals surface area contributed by atoms with E-state index in [2.05, 4.69) is 41.6 Å². The van der Waals surface area contributed by atoms with E-state index in [4.69, 9.17) is 4.84 Å². The minimum Gasteiger partial charge on any atom is -0.390 e. The van der Waals surface area contributed by atoms with Crippen LogP contribution >= 0.6 is 0 Å². The van der Waals surface area contributed by atoms with Crippen molar-refractivity contribution in [2.24, 2.45) is 5.16 Å². The molecule has 96 valence electrons. The lowest BCUT2D eigenvalue weighted by molar-refractivity contribution is 0.00121. The van der Waals surface area contributed by atoms with Crippen LogP contribution in [0.4, 0.5) is 0 Å². The van der Waals surface area contributed by atoms with E-state index in [1.165, 1.54) is 11.1 Å². The maximum Gasteiger partial charge on any atom is 0.129 e. The minimum atomic E-state index is -0.278. The van der Waals surface area contributed by atoms with Crippen molar-refractivity contribution in [2.75, 3.05) is 0 Å². The molecule has 1 aliphatic carbocycles. The van der Waals surface area contributed by atoms with Crippen LogP contribution in [0.25, 0.3) is 11.1 Å². The summed E-state index contributed by atoms with van der Waals surface area (Å²) >= 11 is 0. The molecule has 1 aliphatic rings. The molecular weight excluding hydrogens is 234 g/mol. The van der Waals surface area contributed by atoms with Crippen molar-refractivity contribution < 1.29 is 4.84 Å². The fraction of sp³-hybridized carbons (Fsp3) is 0.235. The Bertz CT molecular complexity index is 603. The molecule has 0 atom stereocenters. The highest BCUT2D eigenvalue weighted by atomic mass is 16.6. The van der Waals surface area contributed by atoms with Gasteiger partial charge in [0.15, 0.2) is 0 Å². The second-order valence-corrected chi connectivity index (χ2v) is 5.73. The molecule has 2 aromatic carbocycles. The normalized spacial score (nSPS) is 12.9. The van der Waals surface area contributed by atoms with Crippen LogP contribution in [0.2, 0.25) is 0 Å². The van der Waals surface area contributed by atoms with Crippen molar-refractivity contribution in [3.8, 4) is 11.1 Å². The van der Waals surface area contributed by atoms with Gasteiger partial charge in [-0.15, -0.1) is 0 Å². The standard InChI is InChI=1S/C17H17NO/c1-17(2,3)19-18-16-14-10-6-4-8-12(14)13-9-5-7-11-15(13)16/h4-11H,1-3H3. The van der Waals surface area contributed by atoms with E-state index in [1.807, 2.05) is 32.9 Å². The van der Waals surface area contributed by atoms with Crippen molar-refractivity contribution in [3.05, 3.63) is 59.7 Å². The third kappa shape index (κ3) is 2.14. The van der Waals surface area contributed by atoms with Gasteiger partial charge in [0.25, 0.3) is 0 Å². The molecule has 0 aliphatic heterocycles. The number of rotatable bonds is 1. The summed E-state index contributed by atoms with van der Waals surface area (Å²) in [6, 6.07) is 16.7. The van der Waals surface area contributed by atoms with Crippen molar-refractivity contribution in [1.82, 2.24) is 0 Å². The van der Waals surface area contributed by atoms with Crippen LogP contribution < -0.4 is 0 Å². The first-order valence-electron chi connectivity index (χ1n) is 6.52. The van der Waals surface area contributed by atoms with Gasteiger partial charge in [-0.05, 0) is 31.9 Å². The summed E-state index contributed by atoms with van der Waals surface area (Å²) in [6.07, 6.45) is 0. The summed E-state index contributed by atoms with van der Waals surface area (Å²) in [5.74, 6) is 0. The summed E-state index contributed by atoms with van der Waals surface area (Å²) < 4.78 is 0. The predicted octanol–water partition coefficient (Wildman–Crippen LogP) is 4.23. The Morgan fingerprint density at radius 3 is 1.58 bits per heavy atom. The van der Waals surface area contributed by atoms with Gasteiger partial charge in [0.05, 0.1) is 0 Å². The summed E-state index contributed by atoms with van der Waals surface area (Å²) in [4.78, 5) is 5.61. The number of oxime groups is 1. The summed E-state index contributed by atoms with van der Waals surface area (Å²) in [7, 11) is 0. The summed E-state index contributed by atoms with van der Waals surface area (Å²) in [5.41, 5.74) is 5.41. The van der Waals surface area contributed by atoms with Crippen LogP contribution in [0.5, 0.6) is 0 Å². The molecule has 0 spiro atoms. The van der Waals surface area contributed by atoms with E-state index in [9.17, 15) is 0 Å². The third-order valence-electron chi connectivity index (χ3n) is 3.07. The van der Waals surface area contributed by atoms with Gasteiger partial charge < -0.3 is 4.84 Å². The molecule has 0 fully saturated rings. The summed E-state index contributed by atoms with van der Waals surface area (Å²) in [5, 5.41) is 4.39. The Morgan fingerprint density at radius 2 is 1.16 bits per heavy atom. The first-order chi connectivity index (χ1) is 9.06. The number of fused-ring (bicyclic) bond motifs is 3. The van der Waals surface area contributed by atoms with E-state index in [1.54, 1.807) is 0 Å². The van der Waals surface area contributed by atoms with Gasteiger partial charge in [0.1, 0.15) is 11.3 Å². The van der Waals surface area contributed by atoms with Gasteiger partial charge in [-0.1, -0.05) is 53.7 Å². The van der Waals surface area contributed by atoms with Crippen LogP contribution in [-0.4, -0.2) is 11.3 Å². The van der Waals surface area contributed by atoms with Crippen LogP contribution in [0.1, 0.15) is 31.9 Å². The maximum absolute atomic E-state index is 5.61. The SMILES string of the molecule is CC(C)(C)ON=C1c2ccccc2-c2ccccc21. The van der Waals surface area contributed by atoms with Crippen molar-refractivity contribution in [1.29, 1.82) is 0 Å². The number of nitrogens with zero attached hydrogens (tertiary/aromatic N) is 1. The van der Waals surface area contributed by atoms with Crippen molar-refractivity contribution in [3.63, 3.8) is 0 Å². The fourth-order valence-electron chi connectivity index (χ4n) is 2.27. The zero-order valence-electron chi connectivity index (χ0n) is 11.5. The van der Waals surface area contributed by atoms with Gasteiger partial charge in [0.2, 0.25) is 0 Å². The second kappa shape index (κ2) is 4.23. The van der Waals surface area contributed by atoms with E-state index >= 15 is 0 Å². The molecule has 2 nitrogen and oxygen atoms in total. The number of hydrogen-bond acceptors (Lipinski definition) is 2. The maximum atomic E-state index is 5.61. The average Bonchev–Trinajstić information content (AvgIpc) is 2.70. The Kier molecular flexibility index (Phi) is 2.67. The highest BCUT2D eigenvalue weighted by Crippen LogP contribution is 2.36. The Balaban J connectivity index is 2.15. The third-order valence-corrected chi connectivity index (χ3v) is 3.07. The Hall–Kier alpha value is -2.09. The first-order valence-corrected chi connectivity index (χ1v) is 6.52. The number of benzene rings is 2. The van der Waals surface area contributed by atoms with Crippen molar-refractivity contribution >= 4 is 5.71 Å². The lowest BCUT2D eigenvalue weighted by atomic mass is 10.1. The predicted molar refractivity (Wildman–Crippen MR) is 78.4 cm³/mol. The topological polar surface area (TPSA) is 21.6 Å². The number of hydrogen-bond donors (Lipinski definition) is 0. The minimum absolute atomic E-state index is 0.278. The van der Waals surface area contributed by atoms with E-state index < -0.39 is 0 Å². The molecule has 0 unspecified atom stereocenters. The molecule has 0 saturated carbocycles. The zero-order chi connectivity index (χ0) is 13.5. The Morgan fingerprint density at radius 1 is 0.737 bits per heavy atom. The average molecular weight is 251 g/mol. The molecule has 19 heavy (non-hydrogen) atoms. The second-order valence-electron chi connectivity index (χ2n) is 5.73. The van der Waals surface area contributed by atoms with Crippen LogP contribution in [0.15, 0.2) is 53.7 Å². The van der Waals surface area contributed by atoms with Gasteiger partial charge in [-0.3, -0.25) is 0 Å². The molecule has 2 heteroatoms. The van der Waals surface area contributed by atoms with Crippen LogP contribution in [0, 0.1) is 0 Å². The Labute approximate surface area is 113 Å². The molecule has 3 rings (SSSR count). The van der Waals surface area contributed by atoms with Crippen LogP contribution in [0.3, 0.4) is 0 Å². The van der Waals surface area contributed by atoms with Gasteiger partial charge in [0, 0.05) is 11.1 Å². The molecular formula is C17H17NO. The molecule has 0 amide bonds. The largest absolute Gasteiger partial charge is 0.390 e. The lowest BCUT2D eigenvalue weighted by Crippen LogP contribution is -2.17. The smallest absolute Gasteiger partial charge is 0.129 e. The molecule has 0 saturated heterocycles. The molecule has 0 aromatic heterocycles. The van der Waals surface area contributed by atoms with Gasteiger partial charge in [-0.2, -0.15) is 0 Å². The monoisotopic (exact) mass is 251 g/mol. The first kappa shape index (κ1) is 12.0. The van der Waals surface area contributed by atoms with E-state index in [-0.39, 0.29) is 5.60 Å². The highest BCUT2D eigenvalue weighted by Gasteiger charge is 2.25. The molecule has 0 heterocycles. The van der Waals surface area contributed by atoms with Crippen molar-refractivity contribution in [2.45, 2.75) is 26.4 Å².